The highest BCUT2D eigenvalue weighted by molar-refractivity contribution is 9.10. The summed E-state index contributed by atoms with van der Waals surface area (Å²) in [6.45, 7) is 3.62. The molecule has 10 nitrogen and oxygen atoms in total. The average Bonchev–Trinajstić information content (AvgIpc) is 3.39. The number of benzene rings is 2. The molecule has 4 rings (SSSR count). The van der Waals surface area contributed by atoms with E-state index < -0.39 is 17.8 Å². The summed E-state index contributed by atoms with van der Waals surface area (Å²) in [6.07, 6.45) is 2.77. The summed E-state index contributed by atoms with van der Waals surface area (Å²) in [6, 6.07) is 13.0. The predicted octanol–water partition coefficient (Wildman–Crippen LogP) is 4.43. The lowest BCUT2D eigenvalue weighted by atomic mass is 10.1. The third-order valence-electron chi connectivity index (χ3n) is 5.41. The lowest BCUT2D eigenvalue weighted by molar-refractivity contribution is -0.130. The summed E-state index contributed by atoms with van der Waals surface area (Å²) in [5, 5.41) is 4.93. The van der Waals surface area contributed by atoms with Gasteiger partial charge in [0, 0.05) is 5.69 Å². The molecule has 0 spiro atoms. The second-order valence-corrected chi connectivity index (χ2v) is 9.11. The van der Waals surface area contributed by atoms with Crippen molar-refractivity contribution < 1.29 is 33.1 Å². The van der Waals surface area contributed by atoms with Crippen molar-refractivity contribution in [3.8, 4) is 11.5 Å². The lowest BCUT2D eigenvalue weighted by Gasteiger charge is -2.25. The molecule has 1 saturated heterocycles. The number of halogens is 1. The summed E-state index contributed by atoms with van der Waals surface area (Å²) < 4.78 is 17.1. The zero-order valence-electron chi connectivity index (χ0n) is 20.6. The summed E-state index contributed by atoms with van der Waals surface area (Å²) in [5.74, 6) is -0.988. The smallest absolute Gasteiger partial charge is 0.331 e. The van der Waals surface area contributed by atoms with Crippen LogP contribution in [0.4, 0.5) is 10.5 Å². The lowest BCUT2D eigenvalue weighted by Crippen LogP contribution is -2.53. The molecule has 38 heavy (non-hydrogen) atoms. The molecule has 0 saturated carbocycles. The van der Waals surface area contributed by atoms with Crippen molar-refractivity contribution in [2.24, 2.45) is 0 Å². The molecule has 1 aliphatic heterocycles. The normalized spacial score (nSPS) is 14.4. The minimum Gasteiger partial charge on any atom is -0.490 e. The molecule has 2 aromatic carbocycles. The van der Waals surface area contributed by atoms with Crippen LogP contribution in [0.3, 0.4) is 0 Å². The zero-order valence-corrected chi connectivity index (χ0v) is 22.2. The van der Waals surface area contributed by atoms with Gasteiger partial charge in [-0.05, 0) is 77.8 Å². The van der Waals surface area contributed by atoms with Crippen LogP contribution < -0.4 is 20.1 Å². The van der Waals surface area contributed by atoms with Crippen molar-refractivity contribution in [3.63, 3.8) is 0 Å². The molecule has 1 aliphatic rings. The monoisotopic (exact) mass is 581 g/mol. The van der Waals surface area contributed by atoms with E-state index >= 15 is 0 Å². The first kappa shape index (κ1) is 26.7. The van der Waals surface area contributed by atoms with Gasteiger partial charge in [-0.1, -0.05) is 17.7 Å². The van der Waals surface area contributed by atoms with Crippen molar-refractivity contribution in [2.45, 2.75) is 20.4 Å². The Labute approximate surface area is 226 Å². The molecule has 0 aliphatic carbocycles. The molecule has 2 N–H and O–H groups in total. The van der Waals surface area contributed by atoms with Crippen LogP contribution in [-0.4, -0.2) is 41.9 Å². The number of ether oxygens (including phenoxy) is 2. The number of aryl methyl sites for hydroxylation is 1. The van der Waals surface area contributed by atoms with Gasteiger partial charge in [-0.25, -0.2) is 4.79 Å². The number of hydrogen-bond donors (Lipinski definition) is 2. The first-order chi connectivity index (χ1) is 18.2. The standard InChI is InChI=1S/C27H24BrN3O7/c1-3-36-22-13-17(11-20-25(33)30-27(35)31(26(20)34)14-19-5-4-10-37-19)12-21(28)24(22)38-15-23(32)29-18-8-6-16(2)7-9-18/h4-13H,3,14-15H2,1-2H3,(H,29,32)(H,30,33,35)/b20-11+. The number of nitrogens with zero attached hydrogens (tertiary/aromatic N) is 1. The molecule has 0 unspecified atom stereocenters. The largest absolute Gasteiger partial charge is 0.490 e. The second kappa shape index (κ2) is 11.8. The van der Waals surface area contributed by atoms with Crippen LogP contribution in [-0.2, 0) is 20.9 Å². The van der Waals surface area contributed by atoms with E-state index in [2.05, 4.69) is 26.6 Å². The van der Waals surface area contributed by atoms with Crippen molar-refractivity contribution in [1.29, 1.82) is 0 Å². The average molecular weight is 582 g/mol. The van der Waals surface area contributed by atoms with Gasteiger partial charge in [0.25, 0.3) is 17.7 Å². The van der Waals surface area contributed by atoms with E-state index in [0.29, 0.717) is 33.8 Å². The summed E-state index contributed by atoms with van der Waals surface area (Å²) in [7, 11) is 0. The summed E-state index contributed by atoms with van der Waals surface area (Å²) >= 11 is 3.42. The van der Waals surface area contributed by atoms with Gasteiger partial charge in [-0.15, -0.1) is 0 Å². The van der Waals surface area contributed by atoms with Crippen LogP contribution in [0.2, 0.25) is 0 Å². The van der Waals surface area contributed by atoms with E-state index in [1.54, 1.807) is 43.3 Å². The van der Waals surface area contributed by atoms with E-state index in [1.165, 1.54) is 12.3 Å². The Bertz CT molecular complexity index is 1400. The van der Waals surface area contributed by atoms with Crippen molar-refractivity contribution in [2.75, 3.05) is 18.5 Å². The fourth-order valence-electron chi connectivity index (χ4n) is 3.61. The molecule has 5 amide bonds. The molecule has 1 fully saturated rings. The van der Waals surface area contributed by atoms with Gasteiger partial charge in [0.2, 0.25) is 0 Å². The molecule has 2 heterocycles. The van der Waals surface area contributed by atoms with Crippen LogP contribution >= 0.6 is 15.9 Å². The minimum atomic E-state index is -0.836. The number of carbonyl (C=O) groups excluding carboxylic acids is 4. The SMILES string of the molecule is CCOc1cc(/C=C2\C(=O)NC(=O)N(Cc3ccco3)C2=O)cc(Br)c1OCC(=O)Nc1ccc(C)cc1. The number of carbonyl (C=O) groups is 4. The van der Waals surface area contributed by atoms with Gasteiger partial charge in [0.15, 0.2) is 18.1 Å². The van der Waals surface area contributed by atoms with E-state index in [0.717, 1.165) is 10.5 Å². The number of amides is 5. The Morgan fingerprint density at radius 3 is 2.58 bits per heavy atom. The Morgan fingerprint density at radius 2 is 1.89 bits per heavy atom. The summed E-state index contributed by atoms with van der Waals surface area (Å²) in [5.41, 5.74) is 1.91. The van der Waals surface area contributed by atoms with Gasteiger partial charge < -0.3 is 19.2 Å². The molecule has 196 valence electrons. The number of anilines is 1. The number of nitrogens with one attached hydrogen (secondary N) is 2. The predicted molar refractivity (Wildman–Crippen MR) is 141 cm³/mol. The number of furan rings is 1. The highest BCUT2D eigenvalue weighted by Crippen LogP contribution is 2.38. The van der Waals surface area contributed by atoms with Crippen LogP contribution in [0, 0.1) is 6.92 Å². The quantitative estimate of drug-likeness (QED) is 0.282. The molecule has 0 bridgehead atoms. The van der Waals surface area contributed by atoms with Crippen LogP contribution in [0.25, 0.3) is 6.08 Å². The highest BCUT2D eigenvalue weighted by Gasteiger charge is 2.36. The fourth-order valence-corrected chi connectivity index (χ4v) is 4.18. The highest BCUT2D eigenvalue weighted by atomic mass is 79.9. The number of rotatable bonds is 9. The maximum absolute atomic E-state index is 13.0. The van der Waals surface area contributed by atoms with Crippen LogP contribution in [0.1, 0.15) is 23.8 Å². The Morgan fingerprint density at radius 1 is 1.13 bits per heavy atom. The minimum absolute atomic E-state index is 0.131. The van der Waals surface area contributed by atoms with Gasteiger partial charge in [-0.3, -0.25) is 24.6 Å². The molecule has 0 atom stereocenters. The maximum atomic E-state index is 13.0. The molecule has 1 aromatic heterocycles. The third kappa shape index (κ3) is 6.30. The second-order valence-electron chi connectivity index (χ2n) is 8.25. The van der Waals surface area contributed by atoms with E-state index in [4.69, 9.17) is 13.9 Å². The maximum Gasteiger partial charge on any atom is 0.331 e. The van der Waals surface area contributed by atoms with Crippen molar-refractivity contribution in [1.82, 2.24) is 10.2 Å². The topological polar surface area (TPSA) is 127 Å². The van der Waals surface area contributed by atoms with E-state index in [1.807, 2.05) is 19.1 Å². The number of imide groups is 2. The fraction of sp³-hybridized carbons (Fsp3) is 0.185. The molecular weight excluding hydrogens is 558 g/mol. The zero-order chi connectivity index (χ0) is 27.2. The van der Waals surface area contributed by atoms with Crippen LogP contribution in [0.15, 0.2) is 69.3 Å². The molecule has 0 radical (unpaired) electrons. The van der Waals surface area contributed by atoms with E-state index in [9.17, 15) is 19.2 Å². The van der Waals surface area contributed by atoms with Gasteiger partial charge in [-0.2, -0.15) is 0 Å². The van der Waals surface area contributed by atoms with Gasteiger partial charge in [0.1, 0.15) is 11.3 Å². The first-order valence-electron chi connectivity index (χ1n) is 11.6. The van der Waals surface area contributed by atoms with Gasteiger partial charge >= 0.3 is 6.03 Å². The molecule has 11 heteroatoms. The molecular formula is C27H24BrN3O7. The first-order valence-corrected chi connectivity index (χ1v) is 12.4. The Balaban J connectivity index is 1.53. The number of urea groups is 1. The Kier molecular flexibility index (Phi) is 8.27. The van der Waals surface area contributed by atoms with Crippen molar-refractivity contribution >= 4 is 51.4 Å². The number of barbiturate groups is 1. The van der Waals surface area contributed by atoms with Gasteiger partial charge in [0.05, 0.1) is 23.9 Å². The van der Waals surface area contributed by atoms with Crippen LogP contribution in [0.5, 0.6) is 11.5 Å². The summed E-state index contributed by atoms with van der Waals surface area (Å²) in [4.78, 5) is 51.0. The van der Waals surface area contributed by atoms with E-state index in [-0.39, 0.29) is 30.4 Å². The molecule has 3 aromatic rings. The number of hydrogen-bond acceptors (Lipinski definition) is 7. The third-order valence-corrected chi connectivity index (χ3v) is 5.99. The van der Waals surface area contributed by atoms with Crippen molar-refractivity contribution in [3.05, 3.63) is 81.7 Å². The Hall–Kier alpha value is -4.38.